The Balaban J connectivity index is 2.33. The SMILES string of the molecule is CCC(N)C(Oc1ccc(Br)cc1C)c1cccc(Br)c1. The van der Waals surface area contributed by atoms with Gasteiger partial charge >= 0.3 is 0 Å². The molecular formula is C17H19Br2NO. The number of hydrogen-bond donors (Lipinski definition) is 1. The molecule has 2 rings (SSSR count). The molecule has 0 heterocycles. The van der Waals surface area contributed by atoms with Crippen molar-refractivity contribution in [2.75, 3.05) is 0 Å². The Kier molecular flexibility index (Phi) is 5.85. The molecule has 0 amide bonds. The average Bonchev–Trinajstić information content (AvgIpc) is 2.45. The topological polar surface area (TPSA) is 35.2 Å². The van der Waals surface area contributed by atoms with Crippen molar-refractivity contribution in [1.82, 2.24) is 0 Å². The second kappa shape index (κ2) is 7.43. The van der Waals surface area contributed by atoms with Crippen LogP contribution in [0.3, 0.4) is 0 Å². The monoisotopic (exact) mass is 411 g/mol. The van der Waals surface area contributed by atoms with Crippen LogP contribution in [0.5, 0.6) is 5.75 Å². The number of halogens is 2. The van der Waals surface area contributed by atoms with Gasteiger partial charge in [-0.05, 0) is 54.8 Å². The molecule has 0 aliphatic carbocycles. The van der Waals surface area contributed by atoms with Crippen LogP contribution < -0.4 is 10.5 Å². The van der Waals surface area contributed by atoms with Crippen LogP contribution in [-0.4, -0.2) is 6.04 Å². The van der Waals surface area contributed by atoms with E-state index in [-0.39, 0.29) is 12.1 Å². The highest BCUT2D eigenvalue weighted by atomic mass is 79.9. The van der Waals surface area contributed by atoms with Crippen LogP contribution in [0.2, 0.25) is 0 Å². The van der Waals surface area contributed by atoms with E-state index in [1.54, 1.807) is 0 Å². The maximum Gasteiger partial charge on any atom is 0.139 e. The van der Waals surface area contributed by atoms with Crippen LogP contribution in [-0.2, 0) is 0 Å². The summed E-state index contributed by atoms with van der Waals surface area (Å²) >= 11 is 6.98. The van der Waals surface area contributed by atoms with Gasteiger partial charge in [0.05, 0.1) is 0 Å². The van der Waals surface area contributed by atoms with Crippen molar-refractivity contribution in [2.45, 2.75) is 32.4 Å². The summed E-state index contributed by atoms with van der Waals surface area (Å²) in [5.74, 6) is 0.868. The van der Waals surface area contributed by atoms with Gasteiger partial charge in [-0.25, -0.2) is 0 Å². The quantitative estimate of drug-likeness (QED) is 0.715. The lowest BCUT2D eigenvalue weighted by Crippen LogP contribution is -2.31. The van der Waals surface area contributed by atoms with Crippen LogP contribution >= 0.6 is 31.9 Å². The average molecular weight is 413 g/mol. The molecule has 4 heteroatoms. The van der Waals surface area contributed by atoms with Crippen LogP contribution in [0, 0.1) is 6.92 Å². The first-order valence-electron chi connectivity index (χ1n) is 6.95. The van der Waals surface area contributed by atoms with Gasteiger partial charge in [-0.3, -0.25) is 0 Å². The Morgan fingerprint density at radius 1 is 1.10 bits per heavy atom. The lowest BCUT2D eigenvalue weighted by Gasteiger charge is -2.26. The molecule has 0 aliphatic rings. The van der Waals surface area contributed by atoms with E-state index in [4.69, 9.17) is 10.5 Å². The molecule has 2 N–H and O–H groups in total. The Bertz CT molecular complexity index is 615. The predicted molar refractivity (Wildman–Crippen MR) is 94.7 cm³/mol. The van der Waals surface area contributed by atoms with Crippen LogP contribution in [0.15, 0.2) is 51.4 Å². The van der Waals surface area contributed by atoms with Crippen molar-refractivity contribution in [2.24, 2.45) is 5.73 Å². The van der Waals surface area contributed by atoms with E-state index >= 15 is 0 Å². The molecule has 2 atom stereocenters. The fourth-order valence-electron chi connectivity index (χ4n) is 2.18. The van der Waals surface area contributed by atoms with Crippen molar-refractivity contribution in [3.63, 3.8) is 0 Å². The Hall–Kier alpha value is -0.840. The van der Waals surface area contributed by atoms with Gasteiger partial charge in [-0.1, -0.05) is 50.9 Å². The van der Waals surface area contributed by atoms with Crippen molar-refractivity contribution >= 4 is 31.9 Å². The highest BCUT2D eigenvalue weighted by Gasteiger charge is 2.21. The van der Waals surface area contributed by atoms with Gasteiger partial charge in [0.1, 0.15) is 11.9 Å². The summed E-state index contributed by atoms with van der Waals surface area (Å²) in [6.45, 7) is 4.11. The van der Waals surface area contributed by atoms with E-state index in [2.05, 4.69) is 50.9 Å². The minimum atomic E-state index is -0.160. The zero-order chi connectivity index (χ0) is 15.4. The van der Waals surface area contributed by atoms with Gasteiger partial charge in [-0.2, -0.15) is 0 Å². The number of aryl methyl sites for hydroxylation is 1. The first kappa shape index (κ1) is 16.5. The molecule has 0 spiro atoms. The minimum absolute atomic E-state index is 0.0534. The maximum atomic E-state index is 6.28. The van der Waals surface area contributed by atoms with E-state index in [1.807, 2.05) is 37.3 Å². The number of rotatable bonds is 5. The molecule has 0 saturated heterocycles. The van der Waals surface area contributed by atoms with E-state index in [0.29, 0.717) is 0 Å². The third kappa shape index (κ3) is 4.31. The molecule has 0 radical (unpaired) electrons. The van der Waals surface area contributed by atoms with Gasteiger partial charge in [0.2, 0.25) is 0 Å². The third-order valence-electron chi connectivity index (χ3n) is 3.43. The fraction of sp³-hybridized carbons (Fsp3) is 0.294. The summed E-state index contributed by atoms with van der Waals surface area (Å²) in [7, 11) is 0. The molecule has 0 bridgehead atoms. The third-order valence-corrected chi connectivity index (χ3v) is 4.41. The summed E-state index contributed by atoms with van der Waals surface area (Å²) in [6, 6.07) is 14.1. The number of benzene rings is 2. The Morgan fingerprint density at radius 2 is 1.81 bits per heavy atom. The second-order valence-corrected chi connectivity index (χ2v) is 6.91. The molecule has 2 aromatic rings. The van der Waals surface area contributed by atoms with Crippen molar-refractivity contribution in [3.05, 3.63) is 62.5 Å². The molecular weight excluding hydrogens is 394 g/mol. The number of ether oxygens (including phenoxy) is 1. The summed E-state index contributed by atoms with van der Waals surface area (Å²) in [5.41, 5.74) is 8.45. The Labute approximate surface area is 143 Å². The van der Waals surface area contributed by atoms with Gasteiger partial charge in [0.15, 0.2) is 0 Å². The number of hydrogen-bond acceptors (Lipinski definition) is 2. The summed E-state index contributed by atoms with van der Waals surface area (Å²) < 4.78 is 8.31. The van der Waals surface area contributed by atoms with Gasteiger partial charge < -0.3 is 10.5 Å². The molecule has 21 heavy (non-hydrogen) atoms. The van der Waals surface area contributed by atoms with E-state index in [1.165, 1.54) is 0 Å². The van der Waals surface area contributed by atoms with Crippen molar-refractivity contribution in [3.8, 4) is 5.75 Å². The lowest BCUT2D eigenvalue weighted by atomic mass is 10.0. The molecule has 0 aliphatic heterocycles. The molecule has 2 aromatic carbocycles. The van der Waals surface area contributed by atoms with Crippen molar-refractivity contribution < 1.29 is 4.74 Å². The number of nitrogens with two attached hydrogens (primary N) is 1. The molecule has 0 saturated carbocycles. The van der Waals surface area contributed by atoms with Gasteiger partial charge in [0.25, 0.3) is 0 Å². The van der Waals surface area contributed by atoms with Crippen LogP contribution in [0.1, 0.15) is 30.6 Å². The zero-order valence-corrected chi connectivity index (χ0v) is 15.3. The normalized spacial score (nSPS) is 13.8. The second-order valence-electron chi connectivity index (χ2n) is 5.08. The Morgan fingerprint density at radius 3 is 2.43 bits per heavy atom. The lowest BCUT2D eigenvalue weighted by molar-refractivity contribution is 0.170. The molecule has 0 aromatic heterocycles. The molecule has 112 valence electrons. The fourth-order valence-corrected chi connectivity index (χ4v) is 3.07. The van der Waals surface area contributed by atoms with Crippen molar-refractivity contribution in [1.29, 1.82) is 0 Å². The van der Waals surface area contributed by atoms with E-state index in [0.717, 1.165) is 32.2 Å². The summed E-state index contributed by atoms with van der Waals surface area (Å²) in [5, 5.41) is 0. The highest BCUT2D eigenvalue weighted by molar-refractivity contribution is 9.10. The first-order chi connectivity index (χ1) is 10.0. The smallest absolute Gasteiger partial charge is 0.139 e. The van der Waals surface area contributed by atoms with Crippen LogP contribution in [0.25, 0.3) is 0 Å². The van der Waals surface area contributed by atoms with E-state index < -0.39 is 0 Å². The molecule has 2 nitrogen and oxygen atoms in total. The standard InChI is InChI=1S/C17H19Br2NO/c1-3-15(20)17(12-5-4-6-13(18)10-12)21-16-8-7-14(19)9-11(16)2/h4-10,15,17H,3,20H2,1-2H3. The summed E-state index contributed by atoms with van der Waals surface area (Å²) in [6.07, 6.45) is 0.694. The largest absolute Gasteiger partial charge is 0.484 e. The minimum Gasteiger partial charge on any atom is -0.484 e. The first-order valence-corrected chi connectivity index (χ1v) is 8.53. The zero-order valence-electron chi connectivity index (χ0n) is 12.1. The van der Waals surface area contributed by atoms with E-state index in [9.17, 15) is 0 Å². The van der Waals surface area contributed by atoms with Gasteiger partial charge in [0, 0.05) is 15.0 Å². The summed E-state index contributed by atoms with van der Waals surface area (Å²) in [4.78, 5) is 0. The highest BCUT2D eigenvalue weighted by Crippen LogP contribution is 2.30. The molecule has 0 fully saturated rings. The predicted octanol–water partition coefficient (Wildman–Crippen LogP) is 5.38. The van der Waals surface area contributed by atoms with Crippen LogP contribution in [0.4, 0.5) is 0 Å². The van der Waals surface area contributed by atoms with Gasteiger partial charge in [-0.15, -0.1) is 0 Å². The molecule has 2 unspecified atom stereocenters. The maximum absolute atomic E-state index is 6.28.